The maximum absolute atomic E-state index is 6.01. The van der Waals surface area contributed by atoms with Gasteiger partial charge < -0.3 is 15.2 Å². The van der Waals surface area contributed by atoms with Crippen LogP contribution in [0.15, 0.2) is 42.9 Å². The number of H-pyrrole nitrogens is 1. The van der Waals surface area contributed by atoms with Crippen molar-refractivity contribution in [2.24, 2.45) is 0 Å². The highest BCUT2D eigenvalue weighted by atomic mass is 35.5. The standard InChI is InChI=1S/C19H22ClN5/c1-21-19(12-14-2-4-15(20)5-3-14)7-10-25(11-8-19)18-16-6-9-22-17(16)23-13-24-18/h2-6,9,13,21H,7-8,10-12H2,1H3,(H,22,23,24). The van der Waals surface area contributed by atoms with Crippen LogP contribution in [0.25, 0.3) is 11.0 Å². The number of halogens is 1. The van der Waals surface area contributed by atoms with E-state index in [1.807, 2.05) is 18.3 Å². The minimum Gasteiger partial charge on any atom is -0.356 e. The number of anilines is 1. The molecular formula is C19H22ClN5. The fourth-order valence-corrected chi connectivity index (χ4v) is 3.89. The molecule has 0 spiro atoms. The summed E-state index contributed by atoms with van der Waals surface area (Å²) in [6.07, 6.45) is 6.72. The molecule has 1 fully saturated rings. The van der Waals surface area contributed by atoms with Crippen LogP contribution >= 0.6 is 11.6 Å². The first-order valence-electron chi connectivity index (χ1n) is 8.65. The normalized spacial score (nSPS) is 17.1. The second kappa shape index (κ2) is 6.65. The molecule has 0 amide bonds. The second-order valence-corrected chi connectivity index (χ2v) is 7.19. The average molecular weight is 356 g/mol. The number of aromatic nitrogens is 3. The Morgan fingerprint density at radius 3 is 2.64 bits per heavy atom. The number of rotatable bonds is 4. The molecule has 1 aliphatic rings. The molecule has 0 radical (unpaired) electrons. The Bertz CT molecular complexity index is 850. The predicted molar refractivity (Wildman–Crippen MR) is 102 cm³/mol. The van der Waals surface area contributed by atoms with E-state index in [1.165, 1.54) is 5.56 Å². The average Bonchev–Trinajstić information content (AvgIpc) is 3.13. The number of piperidine rings is 1. The number of fused-ring (bicyclic) bond motifs is 1. The summed E-state index contributed by atoms with van der Waals surface area (Å²) in [6.45, 7) is 1.96. The number of nitrogens with zero attached hydrogens (tertiary/aromatic N) is 3. The molecule has 2 aromatic heterocycles. The van der Waals surface area contributed by atoms with Crippen molar-refractivity contribution in [2.75, 3.05) is 25.0 Å². The third-order valence-electron chi connectivity index (χ3n) is 5.34. The summed E-state index contributed by atoms with van der Waals surface area (Å²) in [4.78, 5) is 14.4. The van der Waals surface area contributed by atoms with Gasteiger partial charge in [0.1, 0.15) is 17.8 Å². The van der Waals surface area contributed by atoms with Crippen LogP contribution in [0.5, 0.6) is 0 Å². The molecule has 0 aliphatic carbocycles. The lowest BCUT2D eigenvalue weighted by molar-refractivity contribution is 0.274. The molecule has 1 aromatic carbocycles. The van der Waals surface area contributed by atoms with E-state index in [2.05, 4.69) is 50.4 Å². The van der Waals surface area contributed by atoms with E-state index in [4.69, 9.17) is 11.6 Å². The number of hydrogen-bond donors (Lipinski definition) is 2. The number of nitrogens with one attached hydrogen (secondary N) is 2. The summed E-state index contributed by atoms with van der Waals surface area (Å²) in [5.74, 6) is 1.03. The van der Waals surface area contributed by atoms with Gasteiger partial charge in [-0.05, 0) is 50.1 Å². The molecule has 0 atom stereocenters. The van der Waals surface area contributed by atoms with Crippen LogP contribution in [0.4, 0.5) is 5.82 Å². The highest BCUT2D eigenvalue weighted by Crippen LogP contribution is 2.31. The molecule has 5 nitrogen and oxygen atoms in total. The van der Waals surface area contributed by atoms with Crippen molar-refractivity contribution in [2.45, 2.75) is 24.8 Å². The van der Waals surface area contributed by atoms with Crippen molar-refractivity contribution in [3.8, 4) is 0 Å². The van der Waals surface area contributed by atoms with Crippen molar-refractivity contribution in [1.82, 2.24) is 20.3 Å². The molecule has 0 unspecified atom stereocenters. The highest BCUT2D eigenvalue weighted by Gasteiger charge is 2.34. The summed E-state index contributed by atoms with van der Waals surface area (Å²) in [5, 5.41) is 5.47. The zero-order chi connectivity index (χ0) is 17.3. The van der Waals surface area contributed by atoms with Gasteiger partial charge in [-0.2, -0.15) is 0 Å². The lowest BCUT2D eigenvalue weighted by Gasteiger charge is -2.42. The molecule has 130 valence electrons. The van der Waals surface area contributed by atoms with E-state index in [9.17, 15) is 0 Å². The number of hydrogen-bond acceptors (Lipinski definition) is 4. The summed E-state index contributed by atoms with van der Waals surface area (Å²) < 4.78 is 0. The van der Waals surface area contributed by atoms with Crippen molar-refractivity contribution in [1.29, 1.82) is 0 Å². The van der Waals surface area contributed by atoms with Gasteiger partial charge in [-0.3, -0.25) is 0 Å². The molecule has 25 heavy (non-hydrogen) atoms. The predicted octanol–water partition coefficient (Wildman–Crippen LogP) is 3.41. The molecule has 3 heterocycles. The van der Waals surface area contributed by atoms with E-state index >= 15 is 0 Å². The van der Waals surface area contributed by atoms with Crippen LogP contribution < -0.4 is 10.2 Å². The molecule has 1 saturated heterocycles. The maximum Gasteiger partial charge on any atom is 0.142 e. The fourth-order valence-electron chi connectivity index (χ4n) is 3.77. The summed E-state index contributed by atoms with van der Waals surface area (Å²) in [6, 6.07) is 10.2. The SMILES string of the molecule is CNC1(Cc2ccc(Cl)cc2)CCN(c2ncnc3[nH]ccc23)CC1. The molecule has 1 aliphatic heterocycles. The molecule has 6 heteroatoms. The third-order valence-corrected chi connectivity index (χ3v) is 5.59. The van der Waals surface area contributed by atoms with Crippen LogP contribution in [0.1, 0.15) is 18.4 Å². The maximum atomic E-state index is 6.01. The van der Waals surface area contributed by atoms with Crippen LogP contribution in [0, 0.1) is 0 Å². The summed E-state index contributed by atoms with van der Waals surface area (Å²) in [5.41, 5.74) is 2.34. The van der Waals surface area contributed by atoms with E-state index in [-0.39, 0.29) is 5.54 Å². The Kier molecular flexibility index (Phi) is 4.36. The zero-order valence-corrected chi connectivity index (χ0v) is 15.1. The Hall–Kier alpha value is -2.11. The monoisotopic (exact) mass is 355 g/mol. The quantitative estimate of drug-likeness (QED) is 0.753. The van der Waals surface area contributed by atoms with Crippen LogP contribution in [0.3, 0.4) is 0 Å². The first kappa shape index (κ1) is 16.4. The Labute approximate surface area is 152 Å². The largest absolute Gasteiger partial charge is 0.356 e. The summed E-state index contributed by atoms with van der Waals surface area (Å²) >= 11 is 6.01. The zero-order valence-electron chi connectivity index (χ0n) is 14.3. The minimum atomic E-state index is 0.120. The van der Waals surface area contributed by atoms with Gasteiger partial charge in [0.2, 0.25) is 0 Å². The number of likely N-dealkylation sites (N-methyl/N-ethyl adjacent to an activating group) is 1. The van der Waals surface area contributed by atoms with Crippen molar-refractivity contribution in [3.63, 3.8) is 0 Å². The molecule has 2 N–H and O–H groups in total. The van der Waals surface area contributed by atoms with Crippen molar-refractivity contribution < 1.29 is 0 Å². The van der Waals surface area contributed by atoms with E-state index in [0.29, 0.717) is 0 Å². The van der Waals surface area contributed by atoms with Gasteiger partial charge in [-0.15, -0.1) is 0 Å². The van der Waals surface area contributed by atoms with E-state index in [0.717, 1.165) is 54.2 Å². The summed E-state index contributed by atoms with van der Waals surface area (Å²) in [7, 11) is 2.07. The Balaban J connectivity index is 1.51. The van der Waals surface area contributed by atoms with Gasteiger partial charge in [0.05, 0.1) is 5.39 Å². The van der Waals surface area contributed by atoms with Gasteiger partial charge in [-0.1, -0.05) is 23.7 Å². The molecular weight excluding hydrogens is 334 g/mol. The first-order valence-corrected chi connectivity index (χ1v) is 9.03. The third kappa shape index (κ3) is 3.22. The second-order valence-electron chi connectivity index (χ2n) is 6.76. The van der Waals surface area contributed by atoms with Crippen LogP contribution in [-0.4, -0.2) is 40.6 Å². The molecule has 3 aromatic rings. The lowest BCUT2D eigenvalue weighted by atomic mass is 9.82. The topological polar surface area (TPSA) is 56.8 Å². The fraction of sp³-hybridized carbons (Fsp3) is 0.368. The van der Waals surface area contributed by atoms with Gasteiger partial charge in [0, 0.05) is 29.8 Å². The van der Waals surface area contributed by atoms with E-state index < -0.39 is 0 Å². The van der Waals surface area contributed by atoms with Crippen LogP contribution in [-0.2, 0) is 6.42 Å². The van der Waals surface area contributed by atoms with Crippen molar-refractivity contribution in [3.05, 3.63) is 53.4 Å². The van der Waals surface area contributed by atoms with E-state index in [1.54, 1.807) is 6.33 Å². The van der Waals surface area contributed by atoms with Gasteiger partial charge >= 0.3 is 0 Å². The van der Waals surface area contributed by atoms with Crippen molar-refractivity contribution >= 4 is 28.5 Å². The number of aromatic amines is 1. The Morgan fingerprint density at radius 1 is 1.16 bits per heavy atom. The Morgan fingerprint density at radius 2 is 1.92 bits per heavy atom. The van der Waals surface area contributed by atoms with Gasteiger partial charge in [0.25, 0.3) is 0 Å². The molecule has 0 bridgehead atoms. The first-order chi connectivity index (χ1) is 12.2. The molecule has 4 rings (SSSR count). The lowest BCUT2D eigenvalue weighted by Crippen LogP contribution is -2.53. The molecule has 0 saturated carbocycles. The smallest absolute Gasteiger partial charge is 0.142 e. The highest BCUT2D eigenvalue weighted by molar-refractivity contribution is 6.30. The van der Waals surface area contributed by atoms with Crippen LogP contribution in [0.2, 0.25) is 5.02 Å². The van der Waals surface area contributed by atoms with Gasteiger partial charge in [-0.25, -0.2) is 9.97 Å². The number of benzene rings is 1. The van der Waals surface area contributed by atoms with Gasteiger partial charge in [0.15, 0.2) is 0 Å². The minimum absolute atomic E-state index is 0.120.